The normalized spacial score (nSPS) is 13.3. The second-order valence-corrected chi connectivity index (χ2v) is 9.48. The van der Waals surface area contributed by atoms with Crippen LogP contribution in [-0.2, 0) is 24.2 Å². The number of nitrogens with one attached hydrogen (secondary N) is 1. The molecule has 0 spiro atoms. The predicted octanol–water partition coefficient (Wildman–Crippen LogP) is 3.73. The highest BCUT2D eigenvalue weighted by Crippen LogP contribution is 2.29. The van der Waals surface area contributed by atoms with Gasteiger partial charge in [-0.05, 0) is 44.1 Å². The third-order valence-electron chi connectivity index (χ3n) is 4.55. The van der Waals surface area contributed by atoms with Crippen LogP contribution in [0.1, 0.15) is 34.7 Å². The maximum Gasteiger partial charge on any atom is 0.349 e. The Kier molecular flexibility index (Phi) is 5.93. The fourth-order valence-electron chi connectivity index (χ4n) is 3.29. The number of nitrogens with zero attached hydrogens (tertiary/aromatic N) is 3. The number of anilines is 1. The topological polar surface area (TPSA) is 76.9 Å². The van der Waals surface area contributed by atoms with Crippen molar-refractivity contribution in [1.82, 2.24) is 14.5 Å². The fourth-order valence-corrected chi connectivity index (χ4v) is 5.56. The Morgan fingerprint density at radius 1 is 1.29 bits per heavy atom. The zero-order valence-electron chi connectivity index (χ0n) is 15.4. The van der Waals surface area contributed by atoms with E-state index in [1.54, 1.807) is 11.3 Å². The highest BCUT2D eigenvalue weighted by molar-refractivity contribution is 8.00. The number of fused-ring (bicyclic) bond motifs is 1. The van der Waals surface area contributed by atoms with Gasteiger partial charge in [-0.3, -0.25) is 9.36 Å². The van der Waals surface area contributed by atoms with Crippen LogP contribution in [0.4, 0.5) is 5.13 Å². The van der Waals surface area contributed by atoms with Gasteiger partial charge in [0.15, 0.2) is 5.13 Å². The van der Waals surface area contributed by atoms with Gasteiger partial charge in [-0.1, -0.05) is 17.8 Å². The summed E-state index contributed by atoms with van der Waals surface area (Å²) in [5, 5.41) is 8.03. The smallest absolute Gasteiger partial charge is 0.301 e. The van der Waals surface area contributed by atoms with Crippen LogP contribution in [0, 0.1) is 6.92 Å². The molecule has 0 fully saturated rings. The summed E-state index contributed by atoms with van der Waals surface area (Å²) in [6.45, 7) is 2.46. The molecule has 0 unspecified atom stereocenters. The molecule has 0 aliphatic heterocycles. The van der Waals surface area contributed by atoms with Crippen LogP contribution in [0.2, 0.25) is 0 Å². The van der Waals surface area contributed by atoms with Crippen LogP contribution < -0.4 is 11.0 Å². The maximum atomic E-state index is 12.7. The van der Waals surface area contributed by atoms with Gasteiger partial charge in [-0.2, -0.15) is 4.98 Å². The minimum absolute atomic E-state index is 0.131. The summed E-state index contributed by atoms with van der Waals surface area (Å²) in [5.74, 6) is 0.0837. The molecular formula is C19H20N4O2S3. The summed E-state index contributed by atoms with van der Waals surface area (Å²) in [5.41, 5.74) is 2.87. The van der Waals surface area contributed by atoms with Gasteiger partial charge >= 0.3 is 5.69 Å². The van der Waals surface area contributed by atoms with Gasteiger partial charge in [-0.15, -0.1) is 22.7 Å². The van der Waals surface area contributed by atoms with E-state index in [0.29, 0.717) is 16.7 Å². The number of aromatic nitrogens is 3. The molecule has 0 saturated carbocycles. The van der Waals surface area contributed by atoms with E-state index in [1.807, 2.05) is 34.4 Å². The Labute approximate surface area is 175 Å². The van der Waals surface area contributed by atoms with Gasteiger partial charge in [0, 0.05) is 21.5 Å². The Bertz CT molecular complexity index is 1040. The number of carbonyl (C=O) groups excluding carboxylic acids is 1. The molecule has 0 saturated heterocycles. The Hall–Kier alpha value is -1.97. The van der Waals surface area contributed by atoms with Crippen molar-refractivity contribution in [2.24, 2.45) is 0 Å². The molecule has 1 aliphatic rings. The quantitative estimate of drug-likeness (QED) is 0.474. The predicted molar refractivity (Wildman–Crippen MR) is 115 cm³/mol. The number of carbonyl (C=O) groups is 1. The lowest BCUT2D eigenvalue weighted by atomic mass is 9.97. The van der Waals surface area contributed by atoms with Crippen molar-refractivity contribution in [2.45, 2.75) is 44.2 Å². The van der Waals surface area contributed by atoms with Crippen molar-refractivity contribution < 1.29 is 4.79 Å². The molecule has 1 N–H and O–H groups in total. The zero-order valence-corrected chi connectivity index (χ0v) is 17.9. The van der Waals surface area contributed by atoms with E-state index >= 15 is 0 Å². The van der Waals surface area contributed by atoms with Crippen LogP contribution in [0.3, 0.4) is 0 Å². The molecule has 3 aromatic heterocycles. The second-order valence-electron chi connectivity index (χ2n) is 6.63. The summed E-state index contributed by atoms with van der Waals surface area (Å²) in [4.78, 5) is 34.7. The molecule has 1 amide bonds. The molecule has 0 radical (unpaired) electrons. The van der Waals surface area contributed by atoms with Gasteiger partial charge < -0.3 is 5.32 Å². The molecule has 1 aliphatic carbocycles. The van der Waals surface area contributed by atoms with Crippen LogP contribution in [-0.4, -0.2) is 26.2 Å². The van der Waals surface area contributed by atoms with E-state index in [1.165, 1.54) is 23.1 Å². The summed E-state index contributed by atoms with van der Waals surface area (Å²) in [6, 6.07) is 4.04. The summed E-state index contributed by atoms with van der Waals surface area (Å²) in [7, 11) is 0. The molecule has 0 atom stereocenters. The van der Waals surface area contributed by atoms with Crippen molar-refractivity contribution in [3.8, 4) is 0 Å². The largest absolute Gasteiger partial charge is 0.349 e. The summed E-state index contributed by atoms with van der Waals surface area (Å²) < 4.78 is 1.81. The van der Waals surface area contributed by atoms with Gasteiger partial charge in [-0.25, -0.2) is 9.78 Å². The van der Waals surface area contributed by atoms with E-state index in [-0.39, 0.29) is 17.3 Å². The molecule has 146 valence electrons. The molecule has 4 rings (SSSR count). The first-order valence-corrected chi connectivity index (χ1v) is 11.8. The summed E-state index contributed by atoms with van der Waals surface area (Å²) >= 11 is 4.40. The lowest BCUT2D eigenvalue weighted by Gasteiger charge is -2.22. The van der Waals surface area contributed by atoms with E-state index < -0.39 is 0 Å². The van der Waals surface area contributed by atoms with Crippen molar-refractivity contribution in [2.75, 3.05) is 11.1 Å². The lowest BCUT2D eigenvalue weighted by Crippen LogP contribution is -2.30. The highest BCUT2D eigenvalue weighted by atomic mass is 32.2. The number of thioether (sulfide) groups is 1. The van der Waals surface area contributed by atoms with E-state index in [9.17, 15) is 9.59 Å². The fraction of sp³-hybridized carbons (Fsp3) is 0.368. The molecule has 6 nitrogen and oxygen atoms in total. The second kappa shape index (κ2) is 8.59. The molecule has 3 heterocycles. The third kappa shape index (κ3) is 4.37. The van der Waals surface area contributed by atoms with Crippen molar-refractivity contribution >= 4 is 45.5 Å². The monoisotopic (exact) mass is 432 g/mol. The first-order chi connectivity index (χ1) is 13.6. The van der Waals surface area contributed by atoms with Crippen molar-refractivity contribution in [3.05, 3.63) is 55.2 Å². The van der Waals surface area contributed by atoms with E-state index in [2.05, 4.69) is 15.3 Å². The molecule has 28 heavy (non-hydrogen) atoms. The molecule has 3 aromatic rings. The first kappa shape index (κ1) is 19.4. The number of hydrogen-bond donors (Lipinski definition) is 1. The van der Waals surface area contributed by atoms with Gasteiger partial charge in [0.05, 0.1) is 18.0 Å². The molecule has 0 aromatic carbocycles. The van der Waals surface area contributed by atoms with Crippen molar-refractivity contribution in [3.63, 3.8) is 0 Å². The Morgan fingerprint density at radius 2 is 2.14 bits per heavy atom. The number of aryl methyl sites for hydroxylation is 1. The lowest BCUT2D eigenvalue weighted by molar-refractivity contribution is -0.113. The van der Waals surface area contributed by atoms with Crippen LogP contribution in [0.5, 0.6) is 0 Å². The zero-order chi connectivity index (χ0) is 19.5. The third-order valence-corrected chi connectivity index (χ3v) is 7.30. The van der Waals surface area contributed by atoms with E-state index in [4.69, 9.17) is 0 Å². The molecule has 9 heteroatoms. The highest BCUT2D eigenvalue weighted by Gasteiger charge is 2.21. The minimum atomic E-state index is -0.229. The van der Waals surface area contributed by atoms with Gasteiger partial charge in [0.25, 0.3) is 0 Å². The average molecular weight is 433 g/mol. The molecular weight excluding hydrogens is 412 g/mol. The first-order valence-electron chi connectivity index (χ1n) is 9.10. The number of rotatable bonds is 6. The Morgan fingerprint density at radius 3 is 2.89 bits per heavy atom. The van der Waals surface area contributed by atoms with Gasteiger partial charge in [0.1, 0.15) is 5.03 Å². The minimum Gasteiger partial charge on any atom is -0.301 e. The molecule has 0 bridgehead atoms. The van der Waals surface area contributed by atoms with E-state index in [0.717, 1.165) is 47.5 Å². The summed E-state index contributed by atoms with van der Waals surface area (Å²) in [6.07, 6.45) is 3.96. The maximum absolute atomic E-state index is 12.7. The van der Waals surface area contributed by atoms with Crippen LogP contribution >= 0.6 is 34.4 Å². The van der Waals surface area contributed by atoms with Crippen LogP contribution in [0.25, 0.3) is 0 Å². The number of thiophene rings is 1. The van der Waals surface area contributed by atoms with Crippen LogP contribution in [0.15, 0.2) is 32.7 Å². The standard InChI is InChI=1S/C19H20N4O2S3/c1-12-10-28-18(20-12)21-16(24)11-27-17-14-6-2-3-7-15(14)23(19(25)22-17)9-13-5-4-8-26-13/h4-5,8,10H,2-3,6-7,9,11H2,1H3,(H,20,21,24). The number of thiazole rings is 1. The average Bonchev–Trinajstić information content (AvgIpc) is 3.34. The number of amides is 1. The Balaban J connectivity index is 1.53. The van der Waals surface area contributed by atoms with Gasteiger partial charge in [0.2, 0.25) is 5.91 Å². The van der Waals surface area contributed by atoms with Crippen molar-refractivity contribution in [1.29, 1.82) is 0 Å². The number of hydrogen-bond acceptors (Lipinski definition) is 7. The SMILES string of the molecule is Cc1csc(NC(=O)CSc2nc(=O)n(Cc3cccs3)c3c2CCCC3)n1.